The first-order valence-corrected chi connectivity index (χ1v) is 14.7. The van der Waals surface area contributed by atoms with E-state index in [4.69, 9.17) is 20.9 Å². The van der Waals surface area contributed by atoms with Gasteiger partial charge in [-0.2, -0.15) is 5.10 Å². The van der Waals surface area contributed by atoms with Gasteiger partial charge in [0.2, 0.25) is 5.69 Å². The number of rotatable bonds is 5. The second-order valence-corrected chi connectivity index (χ2v) is 12.6. The lowest BCUT2D eigenvalue weighted by atomic mass is 10.0. The van der Waals surface area contributed by atoms with Crippen molar-refractivity contribution in [3.8, 4) is 21.6 Å². The molecule has 0 bridgehead atoms. The fourth-order valence-corrected chi connectivity index (χ4v) is 6.06. The van der Waals surface area contributed by atoms with E-state index >= 15 is 0 Å². The predicted octanol–water partition coefficient (Wildman–Crippen LogP) is 6.36. The van der Waals surface area contributed by atoms with E-state index in [0.717, 1.165) is 21.3 Å². The van der Waals surface area contributed by atoms with E-state index in [2.05, 4.69) is 15.3 Å². The van der Waals surface area contributed by atoms with Gasteiger partial charge in [-0.25, -0.2) is 19.1 Å². The minimum absolute atomic E-state index is 0.0733. The highest BCUT2D eigenvalue weighted by molar-refractivity contribution is 7.18. The summed E-state index contributed by atoms with van der Waals surface area (Å²) in [5.41, 5.74) is 2.16. The molecule has 2 amide bonds. The number of carbonyl (C=O) groups is 2. The summed E-state index contributed by atoms with van der Waals surface area (Å²) in [7, 11) is 0. The number of hydrogen-bond donors (Lipinski definition) is 1. The van der Waals surface area contributed by atoms with Gasteiger partial charge in [0.05, 0.1) is 55.4 Å². The molecule has 4 aromatic rings. The fraction of sp³-hybridized carbons (Fsp3) is 0.355. The fourth-order valence-electron chi connectivity index (χ4n) is 4.95. The zero-order chi connectivity index (χ0) is 30.3. The number of benzene rings is 2. The molecule has 0 unspecified atom stereocenters. The van der Waals surface area contributed by atoms with Gasteiger partial charge in [-0.05, 0) is 62.6 Å². The smallest absolute Gasteiger partial charge is 0.407 e. The summed E-state index contributed by atoms with van der Waals surface area (Å²) in [5, 5.41) is 9.67. The van der Waals surface area contributed by atoms with Gasteiger partial charge in [0.25, 0.3) is 5.91 Å². The normalized spacial score (nSPS) is 17.4. The molecular weight excluding hydrogens is 573 g/mol. The van der Waals surface area contributed by atoms with Crippen LogP contribution in [0.15, 0.2) is 48.7 Å². The van der Waals surface area contributed by atoms with E-state index in [-0.39, 0.29) is 36.8 Å². The maximum atomic E-state index is 14.7. The zero-order valence-electron chi connectivity index (χ0n) is 23.9. The number of alkyl carbamates (subject to hydrolysis) is 1. The highest BCUT2D eigenvalue weighted by Crippen LogP contribution is 2.42. The third kappa shape index (κ3) is 6.10. The van der Waals surface area contributed by atoms with Gasteiger partial charge in [0.1, 0.15) is 11.4 Å². The first kappa shape index (κ1) is 28.8. The van der Waals surface area contributed by atoms with Crippen LogP contribution in [0.25, 0.3) is 37.3 Å². The van der Waals surface area contributed by atoms with Gasteiger partial charge in [-0.1, -0.05) is 18.2 Å². The Balaban J connectivity index is 1.32. The minimum Gasteiger partial charge on any atom is -0.444 e. The first-order valence-electron chi connectivity index (χ1n) is 13.9. The molecule has 1 N–H and O–H groups in total. The van der Waals surface area contributed by atoms with Gasteiger partial charge >= 0.3 is 6.09 Å². The van der Waals surface area contributed by atoms with Crippen molar-refractivity contribution in [2.75, 3.05) is 26.4 Å². The largest absolute Gasteiger partial charge is 0.444 e. The van der Waals surface area contributed by atoms with Gasteiger partial charge < -0.3 is 14.8 Å². The van der Waals surface area contributed by atoms with Crippen LogP contribution in [0.1, 0.15) is 42.9 Å². The number of fused-ring (bicyclic) bond motifs is 1. The molecule has 10 nitrogen and oxygen atoms in total. The molecule has 2 fully saturated rings. The Kier molecular flexibility index (Phi) is 7.64. The molecule has 0 aliphatic carbocycles. The van der Waals surface area contributed by atoms with Crippen molar-refractivity contribution in [3.05, 3.63) is 70.8 Å². The third-order valence-electron chi connectivity index (χ3n) is 7.15. The molecule has 2 aliphatic rings. The van der Waals surface area contributed by atoms with E-state index in [1.54, 1.807) is 32.9 Å². The van der Waals surface area contributed by atoms with Crippen LogP contribution >= 0.6 is 11.3 Å². The van der Waals surface area contributed by atoms with E-state index < -0.39 is 17.5 Å². The lowest BCUT2D eigenvalue weighted by Crippen LogP contribution is -2.50. The summed E-state index contributed by atoms with van der Waals surface area (Å²) in [6, 6.07) is 11.9. The summed E-state index contributed by atoms with van der Waals surface area (Å²) in [5.74, 6) is -1.00. The molecule has 0 spiro atoms. The molecule has 2 aromatic carbocycles. The highest BCUT2D eigenvalue weighted by Gasteiger charge is 2.30. The summed E-state index contributed by atoms with van der Waals surface area (Å²) < 4.78 is 27.3. The van der Waals surface area contributed by atoms with Crippen LogP contribution in [-0.2, 0) is 14.3 Å². The Hall–Kier alpha value is -4.31. The highest BCUT2D eigenvalue weighted by atomic mass is 32.1. The van der Waals surface area contributed by atoms with Crippen LogP contribution in [0.5, 0.6) is 0 Å². The van der Waals surface area contributed by atoms with Crippen molar-refractivity contribution in [2.45, 2.75) is 44.9 Å². The molecule has 222 valence electrons. The predicted molar refractivity (Wildman–Crippen MR) is 159 cm³/mol. The zero-order valence-corrected chi connectivity index (χ0v) is 24.7. The molecule has 4 heterocycles. The first-order chi connectivity index (χ1) is 20.6. The maximum absolute atomic E-state index is 14.7. The average Bonchev–Trinajstić information content (AvgIpc) is 3.55. The minimum atomic E-state index is -0.645. The van der Waals surface area contributed by atoms with E-state index in [0.29, 0.717) is 35.6 Å². The topological polar surface area (TPSA) is 99.3 Å². The Bertz CT molecular complexity index is 1750. The number of nitrogens with zero attached hydrogens (tertiary/aromatic N) is 4. The monoisotopic (exact) mass is 603 g/mol. The summed E-state index contributed by atoms with van der Waals surface area (Å²) in [6.07, 6.45) is 1.95. The molecule has 6 rings (SSSR count). The number of thiophene rings is 1. The van der Waals surface area contributed by atoms with Crippen LogP contribution in [0.2, 0.25) is 0 Å². The van der Waals surface area contributed by atoms with E-state index in [1.165, 1.54) is 28.5 Å². The van der Waals surface area contributed by atoms with E-state index in [1.807, 2.05) is 29.1 Å². The second kappa shape index (κ2) is 11.4. The second-order valence-electron chi connectivity index (χ2n) is 11.5. The van der Waals surface area contributed by atoms with Gasteiger partial charge in [-0.3, -0.25) is 14.3 Å². The third-order valence-corrected chi connectivity index (χ3v) is 8.32. The van der Waals surface area contributed by atoms with Crippen LogP contribution < -0.4 is 5.32 Å². The average molecular weight is 604 g/mol. The van der Waals surface area contributed by atoms with Crippen LogP contribution in [-0.4, -0.2) is 64.9 Å². The number of hydroxylamine groups is 2. The molecule has 12 heteroatoms. The lowest BCUT2D eigenvalue weighted by Gasteiger charge is -2.32. The molecule has 0 saturated carbocycles. The van der Waals surface area contributed by atoms with Gasteiger partial charge in [0, 0.05) is 22.0 Å². The van der Waals surface area contributed by atoms with Crippen LogP contribution in [0.4, 0.5) is 14.9 Å². The maximum Gasteiger partial charge on any atom is 0.407 e. The molecule has 2 saturated heterocycles. The van der Waals surface area contributed by atoms with Crippen LogP contribution in [0.3, 0.4) is 0 Å². The van der Waals surface area contributed by atoms with Crippen molar-refractivity contribution in [1.29, 1.82) is 0 Å². The number of hydrogen-bond acceptors (Lipinski definition) is 7. The van der Waals surface area contributed by atoms with E-state index in [9.17, 15) is 14.0 Å². The lowest BCUT2D eigenvalue weighted by molar-refractivity contribution is -0.151. The van der Waals surface area contributed by atoms with Crippen molar-refractivity contribution in [2.24, 2.45) is 0 Å². The molecule has 0 radical (unpaired) electrons. The number of halogens is 1. The van der Waals surface area contributed by atoms with Gasteiger partial charge in [0.15, 0.2) is 0 Å². The molecule has 43 heavy (non-hydrogen) atoms. The molecule has 2 aliphatic heterocycles. The Morgan fingerprint density at radius 3 is 2.65 bits per heavy atom. The van der Waals surface area contributed by atoms with Crippen molar-refractivity contribution >= 4 is 39.9 Å². The van der Waals surface area contributed by atoms with Crippen LogP contribution in [0, 0.1) is 12.4 Å². The quantitative estimate of drug-likeness (QED) is 0.267. The molecule has 1 atom stereocenters. The SMILES string of the molecule is [C-]#[N+]c1ccc(-c2cc(C(=O)N3C[C@H](NC(=O)OC(C)(C)C)CCO3)sc2-c2ccc3nn(C4COC4)cc3c2)cc1F. The number of nitrogens with one attached hydrogen (secondary N) is 1. The number of ether oxygens (including phenoxy) is 2. The summed E-state index contributed by atoms with van der Waals surface area (Å²) in [6.45, 7) is 14.2. The van der Waals surface area contributed by atoms with Crippen molar-refractivity contribution in [1.82, 2.24) is 20.2 Å². The Labute approximate surface area is 251 Å². The Morgan fingerprint density at radius 2 is 1.95 bits per heavy atom. The summed E-state index contributed by atoms with van der Waals surface area (Å²) >= 11 is 1.27. The van der Waals surface area contributed by atoms with Gasteiger partial charge in [-0.15, -0.1) is 11.3 Å². The molecular formula is C31H30FN5O5S. The standard InChI is InChI=1S/C31H30FN5O5S/c1-31(2,3)42-30(39)34-21-9-10-41-37(15-21)29(38)27-13-23(18-5-8-26(33-4)24(32)12-18)28(43-27)19-6-7-25-20(11-19)14-36(35-25)22-16-40-17-22/h5-8,11-14,21-22H,9-10,15-17H2,1-3H3,(H,34,39)/t21-/m1/s1. The Morgan fingerprint density at radius 1 is 1.16 bits per heavy atom. The number of carbonyl (C=O) groups excluding carboxylic acids is 2. The molecule has 2 aromatic heterocycles. The number of aromatic nitrogens is 2. The van der Waals surface area contributed by atoms with Crippen molar-refractivity contribution in [3.63, 3.8) is 0 Å². The number of amides is 2. The van der Waals surface area contributed by atoms with Crippen molar-refractivity contribution < 1.29 is 28.3 Å². The summed E-state index contributed by atoms with van der Waals surface area (Å²) in [4.78, 5) is 36.1.